The van der Waals surface area contributed by atoms with Gasteiger partial charge in [-0.3, -0.25) is 9.69 Å². The number of carbonyl (C=O) groups excluding carboxylic acids is 1. The molecular weight excluding hydrogens is 338 g/mol. The van der Waals surface area contributed by atoms with Gasteiger partial charge in [0.1, 0.15) is 12.1 Å². The fraction of sp³-hybridized carbons (Fsp3) is 0.571. The maximum Gasteiger partial charge on any atom is 0.237 e. The van der Waals surface area contributed by atoms with Gasteiger partial charge < -0.3 is 10.2 Å². The summed E-state index contributed by atoms with van der Waals surface area (Å²) in [5.74, 6) is 1.19. The van der Waals surface area contributed by atoms with Crippen LogP contribution in [0.4, 0.5) is 5.82 Å². The third-order valence-corrected chi connectivity index (χ3v) is 6.01. The Morgan fingerprint density at radius 1 is 1.15 bits per heavy atom. The maximum absolute atomic E-state index is 12.6. The molecule has 0 radical (unpaired) electrons. The topological polar surface area (TPSA) is 61.4 Å². The SMILES string of the molecule is Cc1ccc2ncnc(N3CCN(C(C)C(=O)NC4CCCC4)CC3)c2c1. The van der Waals surface area contributed by atoms with Crippen molar-refractivity contribution in [2.24, 2.45) is 0 Å². The number of piperazine rings is 1. The predicted octanol–water partition coefficient (Wildman–Crippen LogP) is 2.51. The van der Waals surface area contributed by atoms with Gasteiger partial charge in [-0.05, 0) is 38.8 Å². The molecule has 6 nitrogen and oxygen atoms in total. The van der Waals surface area contributed by atoms with E-state index in [1.54, 1.807) is 6.33 Å². The Morgan fingerprint density at radius 2 is 1.89 bits per heavy atom. The highest BCUT2D eigenvalue weighted by molar-refractivity contribution is 5.90. The molecule has 2 heterocycles. The molecule has 1 aromatic carbocycles. The third kappa shape index (κ3) is 3.90. The van der Waals surface area contributed by atoms with Crippen LogP contribution in [0.25, 0.3) is 10.9 Å². The van der Waals surface area contributed by atoms with E-state index in [-0.39, 0.29) is 11.9 Å². The zero-order valence-electron chi connectivity index (χ0n) is 16.3. The average molecular weight is 367 g/mol. The number of benzene rings is 1. The predicted molar refractivity (Wildman–Crippen MR) is 108 cm³/mol. The van der Waals surface area contributed by atoms with Crippen LogP contribution in [0.2, 0.25) is 0 Å². The monoisotopic (exact) mass is 367 g/mol. The lowest BCUT2D eigenvalue weighted by atomic mass is 10.1. The van der Waals surface area contributed by atoms with E-state index >= 15 is 0 Å². The number of rotatable bonds is 4. The van der Waals surface area contributed by atoms with Crippen molar-refractivity contribution >= 4 is 22.6 Å². The van der Waals surface area contributed by atoms with Crippen molar-refractivity contribution in [2.75, 3.05) is 31.1 Å². The first kappa shape index (κ1) is 18.2. The number of nitrogens with one attached hydrogen (secondary N) is 1. The number of hydrogen-bond donors (Lipinski definition) is 1. The van der Waals surface area contributed by atoms with E-state index in [2.05, 4.69) is 50.2 Å². The highest BCUT2D eigenvalue weighted by Crippen LogP contribution is 2.25. The first-order valence-electron chi connectivity index (χ1n) is 10.1. The van der Waals surface area contributed by atoms with E-state index in [1.165, 1.54) is 18.4 Å². The third-order valence-electron chi connectivity index (χ3n) is 6.01. The Morgan fingerprint density at radius 3 is 2.63 bits per heavy atom. The highest BCUT2D eigenvalue weighted by atomic mass is 16.2. The van der Waals surface area contributed by atoms with Crippen LogP contribution in [-0.2, 0) is 4.79 Å². The number of aryl methyl sites for hydroxylation is 1. The van der Waals surface area contributed by atoms with Gasteiger partial charge in [-0.1, -0.05) is 24.5 Å². The van der Waals surface area contributed by atoms with Crippen molar-refractivity contribution in [3.63, 3.8) is 0 Å². The zero-order chi connectivity index (χ0) is 18.8. The van der Waals surface area contributed by atoms with Gasteiger partial charge in [-0.15, -0.1) is 0 Å². The number of anilines is 1. The van der Waals surface area contributed by atoms with Crippen LogP contribution in [0.1, 0.15) is 38.2 Å². The second-order valence-corrected chi connectivity index (χ2v) is 7.91. The normalized spacial score (nSPS) is 20.1. The van der Waals surface area contributed by atoms with Crippen LogP contribution in [0.3, 0.4) is 0 Å². The summed E-state index contributed by atoms with van der Waals surface area (Å²) in [5.41, 5.74) is 2.20. The molecule has 1 saturated heterocycles. The van der Waals surface area contributed by atoms with Crippen molar-refractivity contribution in [3.8, 4) is 0 Å². The van der Waals surface area contributed by atoms with Gasteiger partial charge in [-0.25, -0.2) is 9.97 Å². The van der Waals surface area contributed by atoms with E-state index in [4.69, 9.17) is 0 Å². The van der Waals surface area contributed by atoms with Crippen molar-refractivity contribution in [1.82, 2.24) is 20.2 Å². The summed E-state index contributed by atoms with van der Waals surface area (Å²) in [4.78, 5) is 26.1. The summed E-state index contributed by atoms with van der Waals surface area (Å²) in [6.45, 7) is 7.62. The van der Waals surface area contributed by atoms with Gasteiger partial charge in [0.2, 0.25) is 5.91 Å². The van der Waals surface area contributed by atoms with E-state index in [9.17, 15) is 4.79 Å². The molecule has 4 rings (SSSR count). The minimum Gasteiger partial charge on any atom is -0.353 e. The van der Waals surface area contributed by atoms with E-state index in [0.717, 1.165) is 55.7 Å². The summed E-state index contributed by atoms with van der Waals surface area (Å²) in [5, 5.41) is 4.34. The maximum atomic E-state index is 12.6. The molecule has 2 fully saturated rings. The fourth-order valence-electron chi connectivity index (χ4n) is 4.29. The molecule has 1 N–H and O–H groups in total. The Bertz CT molecular complexity index is 809. The molecule has 1 unspecified atom stereocenters. The van der Waals surface area contributed by atoms with Gasteiger partial charge in [0.15, 0.2) is 0 Å². The zero-order valence-corrected chi connectivity index (χ0v) is 16.3. The highest BCUT2D eigenvalue weighted by Gasteiger charge is 2.28. The summed E-state index contributed by atoms with van der Waals surface area (Å²) >= 11 is 0. The van der Waals surface area contributed by atoms with E-state index in [1.807, 2.05) is 6.92 Å². The number of hydrogen-bond acceptors (Lipinski definition) is 5. The molecule has 2 aliphatic rings. The molecule has 1 amide bonds. The Hall–Kier alpha value is -2.21. The lowest BCUT2D eigenvalue weighted by Crippen LogP contribution is -2.55. The van der Waals surface area contributed by atoms with Crippen molar-refractivity contribution in [2.45, 2.75) is 51.6 Å². The van der Waals surface area contributed by atoms with E-state index in [0.29, 0.717) is 6.04 Å². The molecule has 2 aromatic rings. The number of fused-ring (bicyclic) bond motifs is 1. The molecule has 0 spiro atoms. The molecule has 6 heteroatoms. The van der Waals surface area contributed by atoms with Crippen LogP contribution in [0.15, 0.2) is 24.5 Å². The number of aromatic nitrogens is 2. The minimum absolute atomic E-state index is 0.0721. The van der Waals surface area contributed by atoms with E-state index < -0.39 is 0 Å². The minimum atomic E-state index is -0.0721. The molecule has 27 heavy (non-hydrogen) atoms. The quantitative estimate of drug-likeness (QED) is 0.900. The van der Waals surface area contributed by atoms with Crippen LogP contribution >= 0.6 is 0 Å². The molecule has 1 atom stereocenters. The van der Waals surface area contributed by atoms with Gasteiger partial charge in [0.05, 0.1) is 11.6 Å². The molecule has 144 valence electrons. The average Bonchev–Trinajstić information content (AvgIpc) is 3.20. The molecule has 1 aliphatic carbocycles. The first-order valence-corrected chi connectivity index (χ1v) is 10.1. The van der Waals surface area contributed by atoms with Crippen molar-refractivity contribution in [1.29, 1.82) is 0 Å². The molecule has 1 aliphatic heterocycles. The van der Waals surface area contributed by atoms with Gasteiger partial charge in [0.25, 0.3) is 0 Å². The molecule has 1 saturated carbocycles. The number of amides is 1. The van der Waals surface area contributed by atoms with Gasteiger partial charge in [-0.2, -0.15) is 0 Å². The Kier molecular flexibility index (Phi) is 5.25. The van der Waals surface area contributed by atoms with Crippen LogP contribution in [0, 0.1) is 6.92 Å². The summed E-state index contributed by atoms with van der Waals surface area (Å²) in [6, 6.07) is 6.62. The Balaban J connectivity index is 1.40. The van der Waals surface area contributed by atoms with Gasteiger partial charge in [0, 0.05) is 37.6 Å². The van der Waals surface area contributed by atoms with Gasteiger partial charge >= 0.3 is 0 Å². The summed E-state index contributed by atoms with van der Waals surface area (Å²) < 4.78 is 0. The fourth-order valence-corrected chi connectivity index (χ4v) is 4.29. The van der Waals surface area contributed by atoms with Crippen molar-refractivity contribution < 1.29 is 4.79 Å². The van der Waals surface area contributed by atoms with Crippen LogP contribution in [0.5, 0.6) is 0 Å². The summed E-state index contributed by atoms with van der Waals surface area (Å²) in [7, 11) is 0. The van der Waals surface area contributed by atoms with Crippen LogP contribution in [-0.4, -0.2) is 59.0 Å². The lowest BCUT2D eigenvalue weighted by Gasteiger charge is -2.38. The molecule has 1 aromatic heterocycles. The number of carbonyl (C=O) groups is 1. The standard InChI is InChI=1S/C21H29N5O/c1-15-7-8-19-18(13-15)20(23-14-22-19)26-11-9-25(10-12-26)16(2)21(27)24-17-5-3-4-6-17/h7-8,13-14,16-17H,3-6,9-12H2,1-2H3,(H,24,27). The van der Waals surface area contributed by atoms with Crippen LogP contribution < -0.4 is 10.2 Å². The summed E-state index contributed by atoms with van der Waals surface area (Å²) in [6.07, 6.45) is 6.39. The second kappa shape index (κ2) is 7.80. The largest absolute Gasteiger partial charge is 0.353 e. The molecular formula is C21H29N5O. The smallest absolute Gasteiger partial charge is 0.237 e. The second-order valence-electron chi connectivity index (χ2n) is 7.91. The first-order chi connectivity index (χ1) is 13.1. The van der Waals surface area contributed by atoms with Crippen molar-refractivity contribution in [3.05, 3.63) is 30.1 Å². The Labute approximate surface area is 161 Å². The molecule has 0 bridgehead atoms. The number of nitrogens with zero attached hydrogens (tertiary/aromatic N) is 4. The lowest BCUT2D eigenvalue weighted by molar-refractivity contribution is -0.126.